The van der Waals surface area contributed by atoms with Crippen LogP contribution in [0, 0.1) is 11.3 Å². The van der Waals surface area contributed by atoms with Gasteiger partial charge in [-0.15, -0.1) is 0 Å². The van der Waals surface area contributed by atoms with E-state index in [4.69, 9.17) is 4.74 Å². The fraction of sp³-hybridized carbons (Fsp3) is 0.769. The summed E-state index contributed by atoms with van der Waals surface area (Å²) in [6.45, 7) is 10.2. The summed E-state index contributed by atoms with van der Waals surface area (Å²) >= 11 is 0. The molecular formula is C13H22O2. The van der Waals surface area contributed by atoms with Crippen molar-refractivity contribution in [2.24, 2.45) is 11.3 Å². The summed E-state index contributed by atoms with van der Waals surface area (Å²) in [5.41, 5.74) is 1.68. The molecule has 0 N–H and O–H groups in total. The van der Waals surface area contributed by atoms with E-state index in [1.54, 1.807) is 0 Å². The van der Waals surface area contributed by atoms with Gasteiger partial charge in [-0.1, -0.05) is 25.5 Å². The Morgan fingerprint density at radius 1 is 1.60 bits per heavy atom. The number of allylic oxidation sites excluding steroid dienone is 2. The van der Waals surface area contributed by atoms with Crippen molar-refractivity contribution in [1.29, 1.82) is 0 Å². The minimum atomic E-state index is -0.176. The molecule has 2 nitrogen and oxygen atoms in total. The normalized spacial score (nSPS) is 26.7. The lowest BCUT2D eigenvalue weighted by Crippen LogP contribution is -2.36. The van der Waals surface area contributed by atoms with Crippen molar-refractivity contribution in [3.63, 3.8) is 0 Å². The topological polar surface area (TPSA) is 26.3 Å². The van der Waals surface area contributed by atoms with Gasteiger partial charge in [-0.3, -0.25) is 4.79 Å². The van der Waals surface area contributed by atoms with Crippen molar-refractivity contribution in [2.45, 2.75) is 53.6 Å². The van der Waals surface area contributed by atoms with Crippen LogP contribution in [0.2, 0.25) is 0 Å². The zero-order valence-electron chi connectivity index (χ0n) is 10.5. The van der Waals surface area contributed by atoms with Gasteiger partial charge in [0.1, 0.15) is 6.10 Å². The van der Waals surface area contributed by atoms with Crippen LogP contribution in [0.4, 0.5) is 0 Å². The first kappa shape index (κ1) is 12.3. The molecule has 1 aliphatic rings. The molecule has 0 radical (unpaired) electrons. The van der Waals surface area contributed by atoms with Gasteiger partial charge < -0.3 is 4.74 Å². The van der Waals surface area contributed by atoms with E-state index < -0.39 is 0 Å². The molecule has 1 aliphatic carbocycles. The summed E-state index contributed by atoms with van der Waals surface area (Å²) in [5.74, 6) is 0.259. The van der Waals surface area contributed by atoms with Crippen LogP contribution in [0.5, 0.6) is 0 Å². The van der Waals surface area contributed by atoms with Crippen LogP contribution in [0.1, 0.15) is 47.5 Å². The van der Waals surface area contributed by atoms with Crippen LogP contribution in [-0.2, 0) is 9.53 Å². The number of esters is 1. The number of carbonyl (C=O) groups excluding carboxylic acids is 1. The van der Waals surface area contributed by atoms with E-state index in [0.717, 1.165) is 12.8 Å². The fourth-order valence-electron chi connectivity index (χ4n) is 2.74. The summed E-state index contributed by atoms with van der Waals surface area (Å²) < 4.78 is 5.29. The molecule has 2 unspecified atom stereocenters. The van der Waals surface area contributed by atoms with Gasteiger partial charge in [0, 0.05) is 12.8 Å². The standard InChI is InChI=1S/C13H22O2/c1-9-6-7-12(13(4,5)8-9)10(2)15-11(3)14/h6,10,12H,7-8H2,1-5H3. The largest absolute Gasteiger partial charge is 0.463 e. The highest BCUT2D eigenvalue weighted by Crippen LogP contribution is 2.42. The number of ether oxygens (including phenoxy) is 1. The molecule has 0 aromatic carbocycles. The molecule has 0 aromatic heterocycles. The van der Waals surface area contributed by atoms with Gasteiger partial charge >= 0.3 is 5.97 Å². The van der Waals surface area contributed by atoms with Gasteiger partial charge in [-0.25, -0.2) is 0 Å². The maximum atomic E-state index is 10.9. The predicted molar refractivity (Wildman–Crippen MR) is 61.5 cm³/mol. The summed E-state index contributed by atoms with van der Waals surface area (Å²) in [7, 11) is 0. The molecule has 0 spiro atoms. The molecule has 0 saturated heterocycles. The highest BCUT2D eigenvalue weighted by Gasteiger charge is 2.36. The quantitative estimate of drug-likeness (QED) is 0.516. The zero-order chi connectivity index (χ0) is 11.6. The van der Waals surface area contributed by atoms with Crippen LogP contribution in [0.25, 0.3) is 0 Å². The first-order valence-electron chi connectivity index (χ1n) is 5.66. The maximum absolute atomic E-state index is 10.9. The van der Waals surface area contributed by atoms with Gasteiger partial charge in [-0.05, 0) is 32.1 Å². The van der Waals surface area contributed by atoms with Crippen molar-refractivity contribution in [3.05, 3.63) is 11.6 Å². The van der Waals surface area contributed by atoms with Crippen LogP contribution in [0.15, 0.2) is 11.6 Å². The van der Waals surface area contributed by atoms with Crippen LogP contribution < -0.4 is 0 Å². The molecule has 0 amide bonds. The summed E-state index contributed by atoms with van der Waals surface area (Å²) in [6.07, 6.45) is 4.41. The van der Waals surface area contributed by atoms with Crippen LogP contribution >= 0.6 is 0 Å². The summed E-state index contributed by atoms with van der Waals surface area (Å²) in [5, 5.41) is 0. The Labute approximate surface area is 92.7 Å². The zero-order valence-corrected chi connectivity index (χ0v) is 10.5. The lowest BCUT2D eigenvalue weighted by atomic mass is 9.67. The Balaban J connectivity index is 2.73. The molecule has 0 aliphatic heterocycles. The Morgan fingerprint density at radius 3 is 2.67 bits per heavy atom. The molecule has 2 heteroatoms. The lowest BCUT2D eigenvalue weighted by molar-refractivity contribution is -0.150. The lowest BCUT2D eigenvalue weighted by Gasteiger charge is -2.40. The second-order valence-electron chi connectivity index (χ2n) is 5.37. The molecule has 1 rings (SSSR count). The van der Waals surface area contributed by atoms with Gasteiger partial charge in [0.05, 0.1) is 0 Å². The van der Waals surface area contributed by atoms with Crippen molar-refractivity contribution >= 4 is 5.97 Å². The molecule has 0 aromatic rings. The molecule has 15 heavy (non-hydrogen) atoms. The third kappa shape index (κ3) is 3.08. The minimum absolute atomic E-state index is 0.0156. The molecule has 2 atom stereocenters. The monoisotopic (exact) mass is 210 g/mol. The average Bonchev–Trinajstić information content (AvgIpc) is 1.99. The fourth-order valence-corrected chi connectivity index (χ4v) is 2.74. The number of hydrogen-bond acceptors (Lipinski definition) is 2. The summed E-state index contributed by atoms with van der Waals surface area (Å²) in [6, 6.07) is 0. The Bertz CT molecular complexity index is 276. The molecule has 86 valence electrons. The third-order valence-corrected chi connectivity index (χ3v) is 3.38. The molecular weight excluding hydrogens is 188 g/mol. The number of hydrogen-bond donors (Lipinski definition) is 0. The first-order chi connectivity index (χ1) is 6.83. The summed E-state index contributed by atoms with van der Waals surface area (Å²) in [4.78, 5) is 10.9. The SMILES string of the molecule is CC(=O)OC(C)C1CC=C(C)CC1(C)C. The van der Waals surface area contributed by atoms with Crippen LogP contribution in [-0.4, -0.2) is 12.1 Å². The highest BCUT2D eigenvalue weighted by molar-refractivity contribution is 5.66. The van der Waals surface area contributed by atoms with E-state index >= 15 is 0 Å². The van der Waals surface area contributed by atoms with E-state index in [2.05, 4.69) is 26.8 Å². The highest BCUT2D eigenvalue weighted by atomic mass is 16.5. The number of carbonyl (C=O) groups is 1. The van der Waals surface area contributed by atoms with E-state index in [9.17, 15) is 4.79 Å². The molecule has 0 heterocycles. The van der Waals surface area contributed by atoms with Gasteiger partial charge in [0.2, 0.25) is 0 Å². The molecule has 0 fully saturated rings. The molecule has 0 bridgehead atoms. The van der Waals surface area contributed by atoms with Crippen molar-refractivity contribution in [3.8, 4) is 0 Å². The van der Waals surface area contributed by atoms with E-state index in [1.807, 2.05) is 6.92 Å². The Morgan fingerprint density at radius 2 is 2.20 bits per heavy atom. The van der Waals surface area contributed by atoms with Gasteiger partial charge in [-0.2, -0.15) is 0 Å². The number of rotatable bonds is 2. The Kier molecular flexibility index (Phi) is 3.58. The Hall–Kier alpha value is -0.790. The van der Waals surface area contributed by atoms with Crippen LogP contribution in [0.3, 0.4) is 0 Å². The maximum Gasteiger partial charge on any atom is 0.302 e. The third-order valence-electron chi connectivity index (χ3n) is 3.38. The average molecular weight is 210 g/mol. The van der Waals surface area contributed by atoms with E-state index in [-0.39, 0.29) is 17.5 Å². The predicted octanol–water partition coefficient (Wildman–Crippen LogP) is 3.32. The van der Waals surface area contributed by atoms with Crippen molar-refractivity contribution in [2.75, 3.05) is 0 Å². The second-order valence-corrected chi connectivity index (χ2v) is 5.37. The first-order valence-corrected chi connectivity index (χ1v) is 5.66. The van der Waals surface area contributed by atoms with Gasteiger partial charge in [0.15, 0.2) is 0 Å². The van der Waals surface area contributed by atoms with Crippen molar-refractivity contribution in [1.82, 2.24) is 0 Å². The van der Waals surface area contributed by atoms with Crippen molar-refractivity contribution < 1.29 is 9.53 Å². The van der Waals surface area contributed by atoms with E-state index in [0.29, 0.717) is 5.92 Å². The minimum Gasteiger partial charge on any atom is -0.463 e. The van der Waals surface area contributed by atoms with E-state index in [1.165, 1.54) is 12.5 Å². The van der Waals surface area contributed by atoms with Gasteiger partial charge in [0.25, 0.3) is 0 Å². The smallest absolute Gasteiger partial charge is 0.302 e. The second kappa shape index (κ2) is 4.38. The molecule has 0 saturated carbocycles.